The van der Waals surface area contributed by atoms with Gasteiger partial charge in [-0.3, -0.25) is 19.0 Å². The van der Waals surface area contributed by atoms with Gasteiger partial charge in [0.05, 0.1) is 46.2 Å². The SMILES string of the molecule is CCCn1cc2c(C3C(=O)Cc4ccc(Br)cc43)nc(Cl)nc2n1.CCCn1cc2c(C3C(=O)Cc4ccc(Br)cc43)nc(NC[C@@H](C)O)nc2n1.C[C@@H](O)CN. The second kappa shape index (κ2) is 18.6. The second-order valence-corrected chi connectivity index (χ2v) is 16.4. The third-order valence-corrected chi connectivity index (χ3v) is 10.6. The summed E-state index contributed by atoms with van der Waals surface area (Å²) in [6.07, 6.45) is 5.69. The third kappa shape index (κ3) is 9.75. The standard InChI is InChI=1S/C20H22BrN5O2.C17H14BrClN4O.C3H9NO/c1-3-6-26-10-15-18(23-20(22-9-11(2)27)24-19(15)25-26)17-14-8-13(21)5-4-12(14)7-16(17)28;1-2-5-23-8-12-15(20-17(19)21-16(12)22-23)14-11-7-10(18)4-3-9(11)6-13(14)24;1-3(5)2-4/h4-5,8,10-11,17,27H,3,6-7,9H2,1-2H3,(H,22,24,25);3-4,7-8,14H,2,5-6H2,1H3;3,5H,2,4H2,1H3/t11-,17?;;3-/m1.1/s1. The highest BCUT2D eigenvalue weighted by Gasteiger charge is 2.36. The largest absolute Gasteiger partial charge is 0.392 e. The molecule has 6 aromatic rings. The Morgan fingerprint density at radius 3 is 1.72 bits per heavy atom. The van der Waals surface area contributed by atoms with Crippen molar-refractivity contribution in [1.82, 2.24) is 39.5 Å². The van der Waals surface area contributed by atoms with E-state index in [1.54, 1.807) is 13.8 Å². The monoisotopic (exact) mass is 922 g/mol. The Hall–Kier alpha value is -4.19. The smallest absolute Gasteiger partial charge is 0.225 e. The average molecular weight is 925 g/mol. The van der Waals surface area contributed by atoms with Crippen molar-refractivity contribution in [2.45, 2.75) is 90.5 Å². The van der Waals surface area contributed by atoms with Gasteiger partial charge in [0.1, 0.15) is 0 Å². The van der Waals surface area contributed by atoms with E-state index in [1.807, 2.05) is 58.2 Å². The summed E-state index contributed by atoms with van der Waals surface area (Å²) in [6.45, 7) is 9.75. The Bertz CT molecular complexity index is 2420. The summed E-state index contributed by atoms with van der Waals surface area (Å²) in [6, 6.07) is 11.9. The maximum atomic E-state index is 12.9. The van der Waals surface area contributed by atoms with Gasteiger partial charge in [-0.05, 0) is 84.8 Å². The predicted octanol–water partition coefficient (Wildman–Crippen LogP) is 6.28. The lowest BCUT2D eigenvalue weighted by molar-refractivity contribution is -0.119. The summed E-state index contributed by atoms with van der Waals surface area (Å²) in [5, 5.41) is 31.6. The number of nitrogens with one attached hydrogen (secondary N) is 1. The minimum atomic E-state index is -0.537. The Morgan fingerprint density at radius 1 is 0.789 bits per heavy atom. The number of hydrogen-bond donors (Lipinski definition) is 4. The number of aliphatic hydroxyl groups is 2. The van der Waals surface area contributed by atoms with Gasteiger partial charge in [-0.2, -0.15) is 20.2 Å². The molecular weight excluding hydrogens is 880 g/mol. The molecule has 0 radical (unpaired) electrons. The first kappa shape index (κ1) is 42.4. The van der Waals surface area contributed by atoms with Crippen LogP contribution >= 0.6 is 43.5 Å². The number of aryl methyl sites for hydroxylation is 2. The van der Waals surface area contributed by atoms with Crippen molar-refractivity contribution < 1.29 is 19.8 Å². The predicted molar refractivity (Wildman–Crippen MR) is 227 cm³/mol. The minimum absolute atomic E-state index is 0.121. The molecule has 0 amide bonds. The van der Waals surface area contributed by atoms with Crippen molar-refractivity contribution in [3.63, 3.8) is 0 Å². The summed E-state index contributed by atoms with van der Waals surface area (Å²) in [4.78, 5) is 43.4. The molecule has 0 aliphatic heterocycles. The molecule has 8 rings (SSSR count). The van der Waals surface area contributed by atoms with Gasteiger partial charge in [0.15, 0.2) is 22.9 Å². The Kier molecular flexibility index (Phi) is 13.8. The van der Waals surface area contributed by atoms with Crippen molar-refractivity contribution in [2.75, 3.05) is 18.4 Å². The molecule has 2 aromatic carbocycles. The molecule has 5 N–H and O–H groups in total. The van der Waals surface area contributed by atoms with Crippen LogP contribution in [0.25, 0.3) is 22.1 Å². The fourth-order valence-electron chi connectivity index (χ4n) is 6.88. The molecule has 0 bridgehead atoms. The van der Waals surface area contributed by atoms with E-state index in [-0.39, 0.29) is 23.0 Å². The van der Waals surface area contributed by atoms with Crippen LogP contribution < -0.4 is 11.1 Å². The van der Waals surface area contributed by atoms with Gasteiger partial charge in [-0.15, -0.1) is 0 Å². The summed E-state index contributed by atoms with van der Waals surface area (Å²) >= 11 is 13.1. The first-order chi connectivity index (χ1) is 27.3. The number of nitrogens with two attached hydrogens (primary N) is 1. The number of benzene rings is 2. The molecule has 0 saturated heterocycles. The Labute approximate surface area is 351 Å². The number of nitrogens with zero attached hydrogens (tertiary/aromatic N) is 8. The number of anilines is 1. The molecule has 14 nitrogen and oxygen atoms in total. The molecule has 2 unspecified atom stereocenters. The maximum Gasteiger partial charge on any atom is 0.225 e. The number of halogens is 3. The van der Waals surface area contributed by atoms with Crippen LogP contribution in [-0.2, 0) is 35.5 Å². The average Bonchev–Trinajstić information content (AvgIpc) is 3.92. The fourth-order valence-corrected chi connectivity index (χ4v) is 7.81. The zero-order valence-corrected chi connectivity index (χ0v) is 36.0. The lowest BCUT2D eigenvalue weighted by atomic mass is 9.95. The molecular formula is C40H45Br2ClN10O4. The molecule has 17 heteroatoms. The zero-order valence-electron chi connectivity index (χ0n) is 32.1. The van der Waals surface area contributed by atoms with Gasteiger partial charge in [-0.1, -0.05) is 57.8 Å². The van der Waals surface area contributed by atoms with Gasteiger partial charge < -0.3 is 21.3 Å². The van der Waals surface area contributed by atoms with E-state index in [0.717, 1.165) is 67.9 Å². The van der Waals surface area contributed by atoms with Crippen molar-refractivity contribution in [1.29, 1.82) is 0 Å². The fraction of sp³-hybridized carbons (Fsp3) is 0.400. The number of hydrogen-bond acceptors (Lipinski definition) is 12. The molecule has 4 atom stereocenters. The summed E-state index contributed by atoms with van der Waals surface area (Å²) in [5.74, 6) is -0.231. The number of ketones is 2. The number of aromatic nitrogens is 8. The van der Waals surface area contributed by atoms with Crippen LogP contribution in [0.15, 0.2) is 57.7 Å². The summed E-state index contributed by atoms with van der Waals surface area (Å²) in [7, 11) is 0. The maximum absolute atomic E-state index is 12.9. The molecule has 4 aromatic heterocycles. The molecule has 57 heavy (non-hydrogen) atoms. The summed E-state index contributed by atoms with van der Waals surface area (Å²) < 4.78 is 5.56. The van der Waals surface area contributed by atoms with Gasteiger partial charge >= 0.3 is 0 Å². The molecule has 0 spiro atoms. The minimum Gasteiger partial charge on any atom is -0.392 e. The highest BCUT2D eigenvalue weighted by Crippen LogP contribution is 2.40. The number of fused-ring (bicyclic) bond motifs is 4. The van der Waals surface area contributed by atoms with Gasteiger partial charge in [0, 0.05) is 60.4 Å². The third-order valence-electron chi connectivity index (χ3n) is 9.45. The molecule has 4 heterocycles. The van der Waals surface area contributed by atoms with Crippen LogP contribution in [0, 0.1) is 0 Å². The van der Waals surface area contributed by atoms with Crippen molar-refractivity contribution >= 4 is 83.0 Å². The number of rotatable bonds is 10. The molecule has 300 valence electrons. The number of carbonyl (C=O) groups is 2. The van der Waals surface area contributed by atoms with E-state index >= 15 is 0 Å². The molecule has 0 fully saturated rings. The Balaban J connectivity index is 0.000000174. The van der Waals surface area contributed by atoms with Crippen LogP contribution in [0.3, 0.4) is 0 Å². The van der Waals surface area contributed by atoms with E-state index in [4.69, 9.17) is 22.4 Å². The number of aliphatic hydroxyl groups excluding tert-OH is 2. The normalized spacial score (nSPS) is 16.8. The van der Waals surface area contributed by atoms with Gasteiger partial charge in [0.2, 0.25) is 11.2 Å². The van der Waals surface area contributed by atoms with E-state index in [0.29, 0.717) is 54.6 Å². The van der Waals surface area contributed by atoms with Crippen molar-refractivity contribution in [3.05, 3.63) is 96.7 Å². The quantitative estimate of drug-likeness (QED) is 0.112. The molecule has 0 saturated carbocycles. The van der Waals surface area contributed by atoms with Crippen molar-refractivity contribution in [3.8, 4) is 0 Å². The molecule has 2 aliphatic rings. The lowest BCUT2D eigenvalue weighted by Gasteiger charge is -2.14. The highest BCUT2D eigenvalue weighted by molar-refractivity contribution is 9.10. The topological polar surface area (TPSA) is 200 Å². The zero-order chi connectivity index (χ0) is 41.0. The van der Waals surface area contributed by atoms with Crippen LogP contribution in [0.2, 0.25) is 5.28 Å². The van der Waals surface area contributed by atoms with E-state index in [9.17, 15) is 14.7 Å². The van der Waals surface area contributed by atoms with E-state index < -0.39 is 17.9 Å². The number of Topliss-reactive ketones (excluding diaryl/α,β-unsaturated/α-hetero) is 2. The van der Waals surface area contributed by atoms with E-state index in [1.165, 1.54) is 0 Å². The first-order valence-electron chi connectivity index (χ1n) is 18.9. The van der Waals surface area contributed by atoms with Crippen LogP contribution in [0.4, 0.5) is 5.95 Å². The van der Waals surface area contributed by atoms with Crippen LogP contribution in [0.5, 0.6) is 0 Å². The number of carbonyl (C=O) groups excluding carboxylic acids is 2. The van der Waals surface area contributed by atoms with Crippen LogP contribution in [-0.4, -0.2) is 86.6 Å². The Morgan fingerprint density at radius 2 is 1.26 bits per heavy atom. The highest BCUT2D eigenvalue weighted by atomic mass is 79.9. The summed E-state index contributed by atoms with van der Waals surface area (Å²) in [5.41, 5.74) is 11.4. The second-order valence-electron chi connectivity index (χ2n) is 14.2. The van der Waals surface area contributed by atoms with E-state index in [2.05, 4.69) is 81.2 Å². The lowest BCUT2D eigenvalue weighted by Crippen LogP contribution is -2.18. The first-order valence-corrected chi connectivity index (χ1v) is 20.8. The van der Waals surface area contributed by atoms with Gasteiger partial charge in [0.25, 0.3) is 0 Å². The van der Waals surface area contributed by atoms with Crippen molar-refractivity contribution in [2.24, 2.45) is 5.73 Å². The van der Waals surface area contributed by atoms with Crippen LogP contribution in [0.1, 0.15) is 86.0 Å². The molecule has 2 aliphatic carbocycles. The van der Waals surface area contributed by atoms with Gasteiger partial charge in [-0.25, -0.2) is 9.97 Å².